The maximum atomic E-state index is 11.7. The molecule has 1 fully saturated rings. The maximum absolute atomic E-state index is 11.7. The van der Waals surface area contributed by atoms with Crippen LogP contribution in [0.5, 0.6) is 0 Å². The predicted molar refractivity (Wildman–Crippen MR) is 97.6 cm³/mol. The Morgan fingerprint density at radius 1 is 1.40 bits per heavy atom. The summed E-state index contributed by atoms with van der Waals surface area (Å²) in [6.45, 7) is 3.54. The number of carboxylic acids is 1. The number of aromatic nitrogens is 1. The molecule has 0 unspecified atom stereocenters. The number of aliphatic hydroxyl groups excluding tert-OH is 1. The van der Waals surface area contributed by atoms with Crippen molar-refractivity contribution in [3.63, 3.8) is 0 Å². The van der Waals surface area contributed by atoms with Gasteiger partial charge >= 0.3 is 5.97 Å². The third-order valence-corrected chi connectivity index (χ3v) is 5.39. The lowest BCUT2D eigenvalue weighted by Crippen LogP contribution is -2.54. The summed E-state index contributed by atoms with van der Waals surface area (Å²) in [5.41, 5.74) is 0.768. The second kappa shape index (κ2) is 7.28. The molecule has 2 aromatic rings. The number of benzene rings is 1. The zero-order valence-corrected chi connectivity index (χ0v) is 15.0. The first kappa shape index (κ1) is 18.1. The number of hydrogen-bond acceptors (Lipinski definition) is 4. The number of likely N-dealkylation sites (tertiary alicyclic amines) is 1. The Morgan fingerprint density at radius 3 is 2.88 bits per heavy atom. The Labute approximate surface area is 152 Å². The zero-order chi connectivity index (χ0) is 18.0. The van der Waals surface area contributed by atoms with Crippen molar-refractivity contribution in [3.8, 4) is 0 Å². The van der Waals surface area contributed by atoms with E-state index in [1.54, 1.807) is 0 Å². The predicted octanol–water partition coefficient (Wildman–Crippen LogP) is 3.33. The van der Waals surface area contributed by atoms with E-state index in [0.29, 0.717) is 37.5 Å². The van der Waals surface area contributed by atoms with Crippen molar-refractivity contribution in [2.45, 2.75) is 38.8 Å². The normalized spacial score (nSPS) is 24.5. The topological polar surface area (TPSA) is 73.7 Å². The van der Waals surface area contributed by atoms with Crippen LogP contribution in [0.2, 0.25) is 5.02 Å². The van der Waals surface area contributed by atoms with Gasteiger partial charge < -0.3 is 10.2 Å². The van der Waals surface area contributed by atoms with E-state index in [2.05, 4.69) is 9.88 Å². The third kappa shape index (κ3) is 3.64. The van der Waals surface area contributed by atoms with Gasteiger partial charge in [0, 0.05) is 23.5 Å². The molecular formula is C19H23ClN2O3. The monoisotopic (exact) mass is 362 g/mol. The number of pyridine rings is 1. The van der Waals surface area contributed by atoms with Gasteiger partial charge in [0.1, 0.15) is 0 Å². The Bertz CT molecular complexity index is 782. The molecule has 1 saturated heterocycles. The number of β-amino-alcohol motifs (C(OH)–C–C–N with tert-alkyl or cyclic N) is 1. The number of aliphatic carboxylic acids is 1. The summed E-state index contributed by atoms with van der Waals surface area (Å²) >= 11 is 6.00. The van der Waals surface area contributed by atoms with Gasteiger partial charge in [0.2, 0.25) is 0 Å². The number of carboxylic acid groups (broad SMARTS) is 1. The second-order valence-corrected chi connectivity index (χ2v) is 7.29. The first-order chi connectivity index (χ1) is 11.9. The van der Waals surface area contributed by atoms with Gasteiger partial charge in [-0.05, 0) is 43.7 Å². The molecule has 1 aromatic carbocycles. The molecule has 1 aliphatic heterocycles. The molecule has 2 heterocycles. The van der Waals surface area contributed by atoms with Crippen molar-refractivity contribution >= 4 is 28.5 Å². The van der Waals surface area contributed by atoms with Crippen LogP contribution in [0, 0.1) is 5.41 Å². The lowest BCUT2D eigenvalue weighted by molar-refractivity contribution is -0.164. The fraction of sp³-hybridized carbons (Fsp3) is 0.474. The molecule has 0 aliphatic carbocycles. The van der Waals surface area contributed by atoms with E-state index in [0.717, 1.165) is 23.0 Å². The van der Waals surface area contributed by atoms with E-state index in [4.69, 9.17) is 11.6 Å². The molecule has 25 heavy (non-hydrogen) atoms. The minimum atomic E-state index is -1.02. The van der Waals surface area contributed by atoms with Crippen LogP contribution in [-0.4, -0.2) is 45.3 Å². The van der Waals surface area contributed by atoms with Crippen molar-refractivity contribution in [2.24, 2.45) is 5.41 Å². The van der Waals surface area contributed by atoms with Crippen LogP contribution in [0.4, 0.5) is 0 Å². The minimum Gasteiger partial charge on any atom is -0.481 e. The standard InChI is InChI=1S/C19H23ClN2O3/c1-2-7-19(18(24)25)8-9-22(12-17(19)23)11-15-5-3-13-10-14(20)4-6-16(13)21-15/h3-6,10,17,23H,2,7-9,11-12H2,1H3,(H,24,25)/t17-,19-/m0/s1. The summed E-state index contributed by atoms with van der Waals surface area (Å²) in [6.07, 6.45) is 0.850. The number of fused-ring (bicyclic) bond motifs is 1. The summed E-state index contributed by atoms with van der Waals surface area (Å²) in [7, 11) is 0. The van der Waals surface area contributed by atoms with Crippen molar-refractivity contribution < 1.29 is 15.0 Å². The molecule has 2 atom stereocenters. The summed E-state index contributed by atoms with van der Waals surface area (Å²) in [5.74, 6) is -0.887. The van der Waals surface area contributed by atoms with Crippen LogP contribution in [0.1, 0.15) is 31.9 Å². The molecule has 134 valence electrons. The SMILES string of the molecule is CCC[C@]1(C(=O)O)CCN(Cc2ccc3cc(Cl)ccc3n2)C[C@@H]1O. The fourth-order valence-corrected chi connectivity index (χ4v) is 3.91. The van der Waals surface area contributed by atoms with E-state index in [1.807, 2.05) is 37.3 Å². The molecule has 0 bridgehead atoms. The van der Waals surface area contributed by atoms with Gasteiger partial charge in [-0.15, -0.1) is 0 Å². The molecular weight excluding hydrogens is 340 g/mol. The van der Waals surface area contributed by atoms with Gasteiger partial charge in [-0.1, -0.05) is 31.0 Å². The first-order valence-corrected chi connectivity index (χ1v) is 9.01. The van der Waals surface area contributed by atoms with Crippen LogP contribution >= 0.6 is 11.6 Å². The first-order valence-electron chi connectivity index (χ1n) is 8.63. The van der Waals surface area contributed by atoms with E-state index in [-0.39, 0.29) is 0 Å². The Kier molecular flexibility index (Phi) is 5.27. The number of carbonyl (C=O) groups is 1. The smallest absolute Gasteiger partial charge is 0.312 e. The van der Waals surface area contributed by atoms with E-state index in [1.165, 1.54) is 0 Å². The van der Waals surface area contributed by atoms with Crippen molar-refractivity contribution in [1.82, 2.24) is 9.88 Å². The van der Waals surface area contributed by atoms with Crippen molar-refractivity contribution in [3.05, 3.63) is 41.0 Å². The highest BCUT2D eigenvalue weighted by Crippen LogP contribution is 2.37. The lowest BCUT2D eigenvalue weighted by Gasteiger charge is -2.42. The van der Waals surface area contributed by atoms with Crippen LogP contribution in [-0.2, 0) is 11.3 Å². The number of halogens is 1. The highest BCUT2D eigenvalue weighted by Gasteiger charge is 2.47. The highest BCUT2D eigenvalue weighted by atomic mass is 35.5. The molecule has 0 saturated carbocycles. The van der Waals surface area contributed by atoms with E-state index >= 15 is 0 Å². The second-order valence-electron chi connectivity index (χ2n) is 6.85. The molecule has 0 spiro atoms. The molecule has 5 nitrogen and oxygen atoms in total. The van der Waals surface area contributed by atoms with Crippen LogP contribution in [0.25, 0.3) is 10.9 Å². The number of piperidine rings is 1. The molecule has 2 N–H and O–H groups in total. The van der Waals surface area contributed by atoms with Crippen LogP contribution < -0.4 is 0 Å². The van der Waals surface area contributed by atoms with Gasteiger partial charge in [-0.2, -0.15) is 0 Å². The minimum absolute atomic E-state index is 0.354. The molecule has 1 aliphatic rings. The summed E-state index contributed by atoms with van der Waals surface area (Å²) < 4.78 is 0. The van der Waals surface area contributed by atoms with E-state index in [9.17, 15) is 15.0 Å². The number of hydrogen-bond donors (Lipinski definition) is 2. The number of aliphatic hydroxyl groups is 1. The summed E-state index contributed by atoms with van der Waals surface area (Å²) in [4.78, 5) is 18.4. The lowest BCUT2D eigenvalue weighted by atomic mass is 9.73. The fourth-order valence-electron chi connectivity index (χ4n) is 3.73. The van der Waals surface area contributed by atoms with Crippen molar-refractivity contribution in [1.29, 1.82) is 0 Å². The Morgan fingerprint density at radius 2 is 2.20 bits per heavy atom. The summed E-state index contributed by atoms with van der Waals surface area (Å²) in [5, 5.41) is 21.8. The van der Waals surface area contributed by atoms with Gasteiger partial charge in [0.25, 0.3) is 0 Å². The number of nitrogens with zero attached hydrogens (tertiary/aromatic N) is 2. The van der Waals surface area contributed by atoms with E-state index < -0.39 is 17.5 Å². The molecule has 3 rings (SSSR count). The molecule has 1 aromatic heterocycles. The molecule has 0 amide bonds. The Hall–Kier alpha value is -1.69. The van der Waals surface area contributed by atoms with Crippen LogP contribution in [0.3, 0.4) is 0 Å². The average molecular weight is 363 g/mol. The Balaban J connectivity index is 1.73. The number of rotatable bonds is 5. The summed E-state index contributed by atoms with van der Waals surface area (Å²) in [6, 6.07) is 9.53. The van der Waals surface area contributed by atoms with Crippen LogP contribution in [0.15, 0.2) is 30.3 Å². The maximum Gasteiger partial charge on any atom is 0.312 e. The van der Waals surface area contributed by atoms with Gasteiger partial charge in [0.15, 0.2) is 0 Å². The van der Waals surface area contributed by atoms with Gasteiger partial charge in [0.05, 0.1) is 22.7 Å². The van der Waals surface area contributed by atoms with Gasteiger partial charge in [-0.3, -0.25) is 14.7 Å². The third-order valence-electron chi connectivity index (χ3n) is 5.16. The van der Waals surface area contributed by atoms with Gasteiger partial charge in [-0.25, -0.2) is 0 Å². The van der Waals surface area contributed by atoms with Crippen molar-refractivity contribution in [2.75, 3.05) is 13.1 Å². The highest BCUT2D eigenvalue weighted by molar-refractivity contribution is 6.31. The quantitative estimate of drug-likeness (QED) is 0.853. The zero-order valence-electron chi connectivity index (χ0n) is 14.3. The molecule has 0 radical (unpaired) electrons. The average Bonchev–Trinajstić information content (AvgIpc) is 2.57. The largest absolute Gasteiger partial charge is 0.481 e. The molecule has 6 heteroatoms.